The quantitative estimate of drug-likeness (QED) is 0.440. The lowest BCUT2D eigenvalue weighted by molar-refractivity contribution is 0.524. The average molecular weight is 204 g/mol. The van der Waals surface area contributed by atoms with Gasteiger partial charge in [-0.15, -0.1) is 11.6 Å². The molecule has 0 spiro atoms. The van der Waals surface area contributed by atoms with Gasteiger partial charge in [0.05, 0.1) is 0 Å². The van der Waals surface area contributed by atoms with E-state index in [1.807, 2.05) is 0 Å². The number of nitrogens with zero attached hydrogens (tertiary/aromatic N) is 1. The van der Waals surface area contributed by atoms with Crippen molar-refractivity contribution < 1.29 is 0 Å². The summed E-state index contributed by atoms with van der Waals surface area (Å²) in [5.74, 6) is 1.51. The van der Waals surface area contributed by atoms with Crippen LogP contribution in [-0.4, -0.2) is 18.1 Å². The summed E-state index contributed by atoms with van der Waals surface area (Å²) in [4.78, 5) is 4.55. The molecular weight excluding hydrogens is 182 g/mol. The van der Waals surface area contributed by atoms with Gasteiger partial charge in [0.2, 0.25) is 0 Å². The summed E-state index contributed by atoms with van der Waals surface area (Å²) in [6.45, 7) is 7.64. The van der Waals surface area contributed by atoms with E-state index in [0.717, 1.165) is 25.3 Å². The van der Waals surface area contributed by atoms with Crippen LogP contribution in [0.2, 0.25) is 0 Å². The zero-order valence-electron chi connectivity index (χ0n) is 9.15. The van der Waals surface area contributed by atoms with Crippen molar-refractivity contribution in [3.05, 3.63) is 0 Å². The van der Waals surface area contributed by atoms with Gasteiger partial charge >= 0.3 is 0 Å². The molecule has 0 saturated heterocycles. The van der Waals surface area contributed by atoms with Gasteiger partial charge in [0, 0.05) is 18.1 Å². The minimum Gasteiger partial charge on any atom is -0.294 e. The normalized spacial score (nSPS) is 14.6. The highest BCUT2D eigenvalue weighted by Gasteiger charge is 1.98. The van der Waals surface area contributed by atoms with Crippen molar-refractivity contribution in [3.8, 4) is 0 Å². The topological polar surface area (TPSA) is 12.4 Å². The molecule has 1 unspecified atom stereocenters. The Kier molecular flexibility index (Phi) is 8.53. The molecule has 0 bridgehead atoms. The maximum absolute atomic E-state index is 5.66. The lowest BCUT2D eigenvalue weighted by Crippen LogP contribution is -2.01. The van der Waals surface area contributed by atoms with Gasteiger partial charge in [-0.25, -0.2) is 0 Å². The predicted octanol–water partition coefficient (Wildman–Crippen LogP) is 3.90. The second kappa shape index (κ2) is 8.55. The van der Waals surface area contributed by atoms with E-state index in [9.17, 15) is 0 Å². The van der Waals surface area contributed by atoms with E-state index in [1.54, 1.807) is 0 Å². The summed E-state index contributed by atoms with van der Waals surface area (Å²) in [6, 6.07) is 0. The van der Waals surface area contributed by atoms with Gasteiger partial charge in [-0.05, 0) is 25.2 Å². The third-order valence-corrected chi connectivity index (χ3v) is 2.63. The van der Waals surface area contributed by atoms with Crippen molar-refractivity contribution >= 4 is 17.3 Å². The van der Waals surface area contributed by atoms with Crippen molar-refractivity contribution in [2.24, 2.45) is 10.9 Å². The first-order valence-corrected chi connectivity index (χ1v) is 5.86. The van der Waals surface area contributed by atoms with Gasteiger partial charge in [0.1, 0.15) is 0 Å². The number of aliphatic imine (C=N–C) groups is 1. The van der Waals surface area contributed by atoms with Crippen LogP contribution in [0.4, 0.5) is 0 Å². The Morgan fingerprint density at radius 1 is 1.38 bits per heavy atom. The molecule has 0 aromatic rings. The monoisotopic (exact) mass is 203 g/mol. The summed E-state index contributed by atoms with van der Waals surface area (Å²) >= 11 is 5.66. The summed E-state index contributed by atoms with van der Waals surface area (Å²) in [7, 11) is 0. The van der Waals surface area contributed by atoms with Crippen molar-refractivity contribution in [3.63, 3.8) is 0 Å². The molecule has 0 aromatic carbocycles. The SMILES string of the molecule is CCC(CCCl)=NCCC(C)CC. The van der Waals surface area contributed by atoms with Crippen molar-refractivity contribution in [1.82, 2.24) is 0 Å². The Morgan fingerprint density at radius 3 is 2.54 bits per heavy atom. The van der Waals surface area contributed by atoms with Gasteiger partial charge < -0.3 is 0 Å². The van der Waals surface area contributed by atoms with Gasteiger partial charge in [0.25, 0.3) is 0 Å². The van der Waals surface area contributed by atoms with Crippen LogP contribution in [0.25, 0.3) is 0 Å². The maximum Gasteiger partial charge on any atom is 0.0391 e. The molecule has 0 aromatic heterocycles. The van der Waals surface area contributed by atoms with Crippen molar-refractivity contribution in [1.29, 1.82) is 0 Å². The van der Waals surface area contributed by atoms with E-state index in [-0.39, 0.29) is 0 Å². The smallest absolute Gasteiger partial charge is 0.0391 e. The fourth-order valence-electron chi connectivity index (χ4n) is 1.12. The summed E-state index contributed by atoms with van der Waals surface area (Å²) in [5.41, 5.74) is 1.28. The third kappa shape index (κ3) is 7.06. The molecule has 78 valence electrons. The zero-order chi connectivity index (χ0) is 10.1. The zero-order valence-corrected chi connectivity index (χ0v) is 9.90. The van der Waals surface area contributed by atoms with Crippen LogP contribution < -0.4 is 0 Å². The molecule has 1 atom stereocenters. The molecule has 0 saturated carbocycles. The molecule has 0 heterocycles. The largest absolute Gasteiger partial charge is 0.294 e. The van der Waals surface area contributed by atoms with E-state index in [1.165, 1.54) is 18.6 Å². The van der Waals surface area contributed by atoms with Crippen molar-refractivity contribution in [2.45, 2.75) is 46.5 Å². The third-order valence-electron chi connectivity index (χ3n) is 2.45. The standard InChI is InChI=1S/C11H22ClN/c1-4-10(3)7-9-13-11(5-2)6-8-12/h10H,4-9H2,1-3H3. The first-order valence-electron chi connectivity index (χ1n) is 5.32. The first kappa shape index (κ1) is 13.0. The second-order valence-corrected chi connectivity index (χ2v) is 3.92. The van der Waals surface area contributed by atoms with Gasteiger partial charge in [0.15, 0.2) is 0 Å². The second-order valence-electron chi connectivity index (χ2n) is 3.54. The van der Waals surface area contributed by atoms with E-state index in [4.69, 9.17) is 11.6 Å². The molecule has 0 radical (unpaired) electrons. The fraction of sp³-hybridized carbons (Fsp3) is 0.909. The van der Waals surface area contributed by atoms with E-state index in [0.29, 0.717) is 5.88 Å². The van der Waals surface area contributed by atoms with Crippen LogP contribution in [0.15, 0.2) is 4.99 Å². The minimum atomic E-state index is 0.704. The predicted molar refractivity (Wildman–Crippen MR) is 62.0 cm³/mol. The van der Waals surface area contributed by atoms with E-state index >= 15 is 0 Å². The molecule has 0 rings (SSSR count). The van der Waals surface area contributed by atoms with E-state index < -0.39 is 0 Å². The Balaban J connectivity index is 3.65. The summed E-state index contributed by atoms with van der Waals surface area (Å²) in [6.07, 6.45) is 4.47. The first-order chi connectivity index (χ1) is 6.24. The molecule has 2 heteroatoms. The number of rotatable bonds is 7. The Morgan fingerprint density at radius 2 is 2.08 bits per heavy atom. The van der Waals surface area contributed by atoms with Crippen LogP contribution >= 0.6 is 11.6 Å². The fourth-order valence-corrected chi connectivity index (χ4v) is 1.34. The van der Waals surface area contributed by atoms with Gasteiger partial charge in [-0.2, -0.15) is 0 Å². The average Bonchev–Trinajstić information content (AvgIpc) is 2.16. The number of halogens is 1. The molecule has 0 aliphatic heterocycles. The molecule has 0 amide bonds. The highest BCUT2D eigenvalue weighted by Crippen LogP contribution is 2.06. The summed E-state index contributed by atoms with van der Waals surface area (Å²) < 4.78 is 0. The highest BCUT2D eigenvalue weighted by atomic mass is 35.5. The Labute approximate surface area is 87.6 Å². The minimum absolute atomic E-state index is 0.704. The number of alkyl halides is 1. The van der Waals surface area contributed by atoms with E-state index in [2.05, 4.69) is 25.8 Å². The lowest BCUT2D eigenvalue weighted by Gasteiger charge is -2.06. The Hall–Kier alpha value is -0.0400. The molecule has 1 nitrogen and oxygen atoms in total. The molecule has 0 N–H and O–H groups in total. The molecule has 0 aliphatic rings. The number of hydrogen-bond acceptors (Lipinski definition) is 1. The lowest BCUT2D eigenvalue weighted by atomic mass is 10.1. The highest BCUT2D eigenvalue weighted by molar-refractivity contribution is 6.19. The van der Waals surface area contributed by atoms with Gasteiger partial charge in [-0.1, -0.05) is 27.2 Å². The molecular formula is C11H22ClN. The van der Waals surface area contributed by atoms with Crippen LogP contribution in [0.5, 0.6) is 0 Å². The molecule has 13 heavy (non-hydrogen) atoms. The molecule has 0 fully saturated rings. The van der Waals surface area contributed by atoms with Gasteiger partial charge in [-0.3, -0.25) is 4.99 Å². The van der Waals surface area contributed by atoms with Crippen molar-refractivity contribution in [2.75, 3.05) is 12.4 Å². The van der Waals surface area contributed by atoms with Crippen LogP contribution in [0, 0.1) is 5.92 Å². The summed E-state index contributed by atoms with van der Waals surface area (Å²) in [5, 5.41) is 0. The van der Waals surface area contributed by atoms with Crippen LogP contribution in [0.3, 0.4) is 0 Å². The van der Waals surface area contributed by atoms with Crippen LogP contribution in [-0.2, 0) is 0 Å². The molecule has 0 aliphatic carbocycles. The van der Waals surface area contributed by atoms with Crippen LogP contribution in [0.1, 0.15) is 46.5 Å². The number of hydrogen-bond donors (Lipinski definition) is 0. The maximum atomic E-state index is 5.66. The Bertz CT molecular complexity index is 143.